The summed E-state index contributed by atoms with van der Waals surface area (Å²) in [5.74, 6) is -5.18. The number of nitrogens with zero attached hydrogens (tertiary/aromatic N) is 3. The van der Waals surface area contributed by atoms with E-state index in [1.54, 1.807) is 16.7 Å². The van der Waals surface area contributed by atoms with Crippen molar-refractivity contribution in [3.05, 3.63) is 59.3 Å². The summed E-state index contributed by atoms with van der Waals surface area (Å²) in [5, 5.41) is 11.6. The van der Waals surface area contributed by atoms with Gasteiger partial charge in [-0.15, -0.1) is 0 Å². The van der Waals surface area contributed by atoms with Gasteiger partial charge >= 0.3 is 6.18 Å². The summed E-state index contributed by atoms with van der Waals surface area (Å²) in [4.78, 5) is 31.7. The Morgan fingerprint density at radius 2 is 1.78 bits per heavy atom. The van der Waals surface area contributed by atoms with Crippen LogP contribution in [0.25, 0.3) is 5.52 Å². The number of quaternary nitrogens is 1. The molecule has 1 saturated heterocycles. The van der Waals surface area contributed by atoms with E-state index in [9.17, 15) is 26.7 Å². The van der Waals surface area contributed by atoms with Gasteiger partial charge in [-0.1, -0.05) is 6.07 Å². The number of carboxylic acid groups (broad SMARTS) is 1. The first-order valence-corrected chi connectivity index (χ1v) is 11.0. The van der Waals surface area contributed by atoms with Crippen LogP contribution in [0.1, 0.15) is 40.4 Å². The third kappa shape index (κ3) is 6.97. The molecule has 13 heteroatoms. The Kier molecular flexibility index (Phi) is 7.92. The Morgan fingerprint density at radius 1 is 1.14 bits per heavy atom. The molecule has 1 fully saturated rings. The van der Waals surface area contributed by atoms with Gasteiger partial charge < -0.3 is 20.1 Å². The Bertz CT molecular complexity index is 1230. The van der Waals surface area contributed by atoms with Crippen molar-refractivity contribution >= 4 is 23.2 Å². The molecule has 3 aromatic heterocycles. The van der Waals surface area contributed by atoms with Crippen LogP contribution in [-0.4, -0.2) is 51.4 Å². The molecule has 36 heavy (non-hydrogen) atoms. The normalized spacial score (nSPS) is 15.8. The lowest BCUT2D eigenvalue weighted by Gasteiger charge is -2.28. The van der Waals surface area contributed by atoms with Crippen molar-refractivity contribution in [3.63, 3.8) is 0 Å². The number of aryl methyl sites for hydroxylation is 2. The number of nitrogens with one attached hydrogen (secondary N) is 2. The molecule has 4 heterocycles. The average Bonchev–Trinajstić information content (AvgIpc) is 3.13. The van der Waals surface area contributed by atoms with Gasteiger partial charge in [0.15, 0.2) is 0 Å². The summed E-state index contributed by atoms with van der Waals surface area (Å²) in [7, 11) is 0. The standard InChI is InChI=1S/C21H23F2N5O.C2HF3O2/c1-14-11-15(2)24-18(12-14)26-20(29)19-25-16(17-5-3-4-8-28(17)19)13-27-9-6-21(22,23)7-10-27;3-2(4,5)1(6)7/h3-5,8,11-12H,6-7,9-10,13H2,1-2H3,(H,24,26,29);(H,6,7). The number of aliphatic carboxylic acids is 1. The maximum atomic E-state index is 13.5. The van der Waals surface area contributed by atoms with E-state index in [0.29, 0.717) is 25.5 Å². The quantitative estimate of drug-likeness (QED) is 0.517. The predicted molar refractivity (Wildman–Crippen MR) is 116 cm³/mol. The van der Waals surface area contributed by atoms with Gasteiger partial charge in [0.25, 0.3) is 11.8 Å². The number of carbonyl (C=O) groups excluding carboxylic acids is 2. The molecule has 1 amide bonds. The van der Waals surface area contributed by atoms with E-state index in [0.717, 1.165) is 27.4 Å². The number of carboxylic acids is 1. The fourth-order valence-corrected chi connectivity index (χ4v) is 3.85. The smallest absolute Gasteiger partial charge is 0.430 e. The van der Waals surface area contributed by atoms with Gasteiger partial charge in [-0.25, -0.2) is 18.7 Å². The summed E-state index contributed by atoms with van der Waals surface area (Å²) in [6.45, 7) is 5.12. The number of carbonyl (C=O) groups is 2. The summed E-state index contributed by atoms with van der Waals surface area (Å²) in [6, 6.07) is 9.35. The Morgan fingerprint density at radius 3 is 2.36 bits per heavy atom. The van der Waals surface area contributed by atoms with Crippen molar-refractivity contribution < 1.29 is 41.5 Å². The molecule has 0 aliphatic carbocycles. The van der Waals surface area contributed by atoms with Crippen LogP contribution < -0.4 is 15.3 Å². The molecule has 3 aromatic rings. The first kappa shape index (κ1) is 27.0. The molecule has 0 saturated carbocycles. The molecular formula is C23H24F5N5O3. The number of amides is 1. The molecule has 1 aliphatic rings. The van der Waals surface area contributed by atoms with Crippen LogP contribution in [0.4, 0.5) is 27.8 Å². The van der Waals surface area contributed by atoms with Crippen LogP contribution in [0, 0.1) is 13.8 Å². The highest BCUT2D eigenvalue weighted by atomic mass is 19.4. The monoisotopic (exact) mass is 513 g/mol. The summed E-state index contributed by atoms with van der Waals surface area (Å²) in [5.41, 5.74) is 3.38. The summed E-state index contributed by atoms with van der Waals surface area (Å²) in [6.07, 6.45) is -3.63. The number of halogens is 5. The number of pyridine rings is 2. The second-order valence-electron chi connectivity index (χ2n) is 8.53. The highest BCUT2D eigenvalue weighted by molar-refractivity contribution is 6.02. The van der Waals surface area contributed by atoms with Crippen molar-refractivity contribution in [1.82, 2.24) is 14.4 Å². The predicted octanol–water partition coefficient (Wildman–Crippen LogP) is 1.71. The number of rotatable bonds is 4. The van der Waals surface area contributed by atoms with Crippen molar-refractivity contribution in [2.75, 3.05) is 18.4 Å². The third-order valence-electron chi connectivity index (χ3n) is 5.50. The van der Waals surface area contributed by atoms with E-state index >= 15 is 0 Å². The van der Waals surface area contributed by atoms with Crippen LogP contribution in [-0.2, 0) is 11.3 Å². The van der Waals surface area contributed by atoms with E-state index in [2.05, 4.69) is 15.3 Å². The van der Waals surface area contributed by atoms with E-state index < -0.39 is 18.1 Å². The molecule has 2 N–H and O–H groups in total. The Labute approximate surface area is 202 Å². The second-order valence-corrected chi connectivity index (χ2v) is 8.53. The number of anilines is 1. The zero-order valence-corrected chi connectivity index (χ0v) is 19.5. The number of hydrogen-bond donors (Lipinski definition) is 2. The molecule has 0 radical (unpaired) electrons. The lowest BCUT2D eigenvalue weighted by molar-refractivity contribution is -0.921. The van der Waals surface area contributed by atoms with Crippen LogP contribution in [0.2, 0.25) is 0 Å². The number of alkyl halides is 5. The van der Waals surface area contributed by atoms with Crippen LogP contribution in [0.15, 0.2) is 36.5 Å². The number of piperidine rings is 1. The minimum atomic E-state index is -5.19. The molecule has 4 rings (SSSR count). The fraction of sp³-hybridized carbons (Fsp3) is 0.391. The molecule has 0 atom stereocenters. The number of imidazole rings is 1. The number of aromatic nitrogens is 3. The molecular weight excluding hydrogens is 489 g/mol. The molecule has 0 aromatic carbocycles. The molecule has 8 nitrogen and oxygen atoms in total. The zero-order valence-electron chi connectivity index (χ0n) is 19.5. The van der Waals surface area contributed by atoms with E-state index in [4.69, 9.17) is 9.90 Å². The first-order chi connectivity index (χ1) is 16.7. The number of fused-ring (bicyclic) bond motifs is 1. The van der Waals surface area contributed by atoms with Gasteiger partial charge in [-0.05, 0) is 43.7 Å². The van der Waals surface area contributed by atoms with Crippen LogP contribution >= 0.6 is 0 Å². The van der Waals surface area contributed by atoms with Gasteiger partial charge in [0.1, 0.15) is 24.0 Å². The van der Waals surface area contributed by atoms with Crippen LogP contribution in [0.3, 0.4) is 0 Å². The fourth-order valence-electron chi connectivity index (χ4n) is 3.85. The van der Waals surface area contributed by atoms with E-state index in [-0.39, 0.29) is 24.6 Å². The third-order valence-corrected chi connectivity index (χ3v) is 5.50. The van der Waals surface area contributed by atoms with Crippen molar-refractivity contribution in [1.29, 1.82) is 0 Å². The SMILES string of the molecule is Cc1cc(C)nc(NC(=O)c2nc(C[NH+]3CCC(F)(F)CC3)c3ccccn23)c1.O=C([O-])C(F)(F)F. The highest BCUT2D eigenvalue weighted by Gasteiger charge is 2.37. The number of hydrogen-bond acceptors (Lipinski definition) is 5. The topological polar surface area (TPSA) is 104 Å². The van der Waals surface area contributed by atoms with Gasteiger partial charge in [-0.2, -0.15) is 13.2 Å². The molecule has 0 bridgehead atoms. The maximum Gasteiger partial charge on any atom is 0.430 e. The first-order valence-electron chi connectivity index (χ1n) is 11.0. The molecule has 1 aliphatic heterocycles. The zero-order chi connectivity index (χ0) is 26.7. The summed E-state index contributed by atoms with van der Waals surface area (Å²) >= 11 is 0. The van der Waals surface area contributed by atoms with Crippen molar-refractivity contribution in [2.24, 2.45) is 0 Å². The Hall–Kier alpha value is -3.61. The van der Waals surface area contributed by atoms with Gasteiger partial charge in [-0.3, -0.25) is 9.20 Å². The lowest BCUT2D eigenvalue weighted by atomic mass is 10.1. The summed E-state index contributed by atoms with van der Waals surface area (Å²) < 4.78 is 60.2. The van der Waals surface area contributed by atoms with Crippen LogP contribution in [0.5, 0.6) is 0 Å². The Balaban J connectivity index is 0.000000454. The molecule has 0 unspecified atom stereocenters. The molecule has 194 valence electrons. The average molecular weight is 513 g/mol. The maximum absolute atomic E-state index is 13.5. The molecule has 0 spiro atoms. The van der Waals surface area contributed by atoms with Gasteiger partial charge in [0.2, 0.25) is 5.82 Å². The van der Waals surface area contributed by atoms with Crippen molar-refractivity contribution in [2.45, 2.75) is 45.3 Å². The highest BCUT2D eigenvalue weighted by Crippen LogP contribution is 2.23. The largest absolute Gasteiger partial charge is 0.542 e. The van der Waals surface area contributed by atoms with Gasteiger partial charge in [0, 0.05) is 11.9 Å². The minimum Gasteiger partial charge on any atom is -0.542 e. The van der Waals surface area contributed by atoms with E-state index in [1.165, 1.54) is 0 Å². The lowest BCUT2D eigenvalue weighted by Crippen LogP contribution is -3.12. The van der Waals surface area contributed by atoms with E-state index in [1.807, 2.05) is 38.1 Å². The minimum absolute atomic E-state index is 0.111. The van der Waals surface area contributed by atoms with Gasteiger partial charge in [0.05, 0.1) is 31.4 Å². The number of likely N-dealkylation sites (tertiary alicyclic amines) is 1. The van der Waals surface area contributed by atoms with Crippen molar-refractivity contribution in [3.8, 4) is 0 Å². The second kappa shape index (κ2) is 10.6.